The van der Waals surface area contributed by atoms with E-state index in [0.717, 1.165) is 30.2 Å². The molecule has 3 nitrogen and oxygen atoms in total. The van der Waals surface area contributed by atoms with Gasteiger partial charge < -0.3 is 14.8 Å². The van der Waals surface area contributed by atoms with Gasteiger partial charge in [0.2, 0.25) is 0 Å². The Morgan fingerprint density at radius 2 is 1.78 bits per heavy atom. The maximum atomic E-state index is 5.58. The zero-order chi connectivity index (χ0) is 13.4. The zero-order valence-electron chi connectivity index (χ0n) is 11.6. The normalized spacial score (nSPS) is 9.94. The first-order valence-corrected chi connectivity index (χ1v) is 6.51. The molecule has 0 heterocycles. The van der Waals surface area contributed by atoms with Crippen LogP contribution in [0.1, 0.15) is 27.2 Å². The van der Waals surface area contributed by atoms with Gasteiger partial charge in [-0.25, -0.2) is 0 Å². The van der Waals surface area contributed by atoms with Crippen molar-refractivity contribution in [2.45, 2.75) is 27.2 Å². The summed E-state index contributed by atoms with van der Waals surface area (Å²) < 4.78 is 11.1. The molecule has 0 fully saturated rings. The molecule has 0 aliphatic rings. The lowest BCUT2D eigenvalue weighted by Crippen LogP contribution is -2.04. The summed E-state index contributed by atoms with van der Waals surface area (Å²) in [4.78, 5) is 0. The topological polar surface area (TPSA) is 30.5 Å². The van der Waals surface area contributed by atoms with E-state index in [-0.39, 0.29) is 0 Å². The first-order chi connectivity index (χ1) is 8.71. The minimum Gasteiger partial charge on any atom is -0.490 e. The molecule has 100 valence electrons. The Bertz CT molecular complexity index is 388. The molecule has 1 aromatic rings. The van der Waals surface area contributed by atoms with Crippen LogP contribution in [-0.4, -0.2) is 19.8 Å². The van der Waals surface area contributed by atoms with Crippen LogP contribution in [0.2, 0.25) is 0 Å². The van der Waals surface area contributed by atoms with Gasteiger partial charge in [0.15, 0.2) is 11.5 Å². The van der Waals surface area contributed by atoms with Crippen molar-refractivity contribution < 1.29 is 9.47 Å². The quantitative estimate of drug-likeness (QED) is 0.710. The average molecular weight is 249 g/mol. The Morgan fingerprint density at radius 1 is 1.11 bits per heavy atom. The van der Waals surface area contributed by atoms with Crippen LogP contribution < -0.4 is 14.8 Å². The van der Waals surface area contributed by atoms with Gasteiger partial charge in [-0.1, -0.05) is 19.1 Å². The van der Waals surface area contributed by atoms with Crippen molar-refractivity contribution in [2.24, 2.45) is 0 Å². The van der Waals surface area contributed by atoms with Crippen molar-refractivity contribution in [3.8, 4) is 11.5 Å². The minimum atomic E-state index is 0.630. The fourth-order valence-electron chi connectivity index (χ4n) is 1.51. The molecule has 0 aliphatic heterocycles. The fourth-order valence-corrected chi connectivity index (χ4v) is 1.51. The molecule has 0 amide bonds. The van der Waals surface area contributed by atoms with Crippen molar-refractivity contribution in [1.82, 2.24) is 0 Å². The number of benzene rings is 1. The van der Waals surface area contributed by atoms with E-state index in [1.807, 2.05) is 32.0 Å². The second-order valence-electron chi connectivity index (χ2n) is 3.98. The van der Waals surface area contributed by atoms with Gasteiger partial charge >= 0.3 is 0 Å². The van der Waals surface area contributed by atoms with Crippen LogP contribution in [0.5, 0.6) is 11.5 Å². The molecule has 0 atom stereocenters. The van der Waals surface area contributed by atoms with Gasteiger partial charge in [-0.15, -0.1) is 0 Å². The van der Waals surface area contributed by atoms with Crippen molar-refractivity contribution in [3.63, 3.8) is 0 Å². The predicted molar refractivity (Wildman–Crippen MR) is 76.7 cm³/mol. The van der Waals surface area contributed by atoms with Gasteiger partial charge in [0, 0.05) is 18.3 Å². The van der Waals surface area contributed by atoms with Gasteiger partial charge in [-0.05, 0) is 32.4 Å². The Hall–Kier alpha value is -1.64. The van der Waals surface area contributed by atoms with E-state index in [2.05, 4.69) is 18.8 Å². The predicted octanol–water partition coefficient (Wildman–Crippen LogP) is 3.86. The van der Waals surface area contributed by atoms with E-state index in [0.29, 0.717) is 13.2 Å². The fraction of sp³-hybridized carbons (Fsp3) is 0.467. The summed E-state index contributed by atoms with van der Waals surface area (Å²) in [6, 6.07) is 5.90. The highest BCUT2D eigenvalue weighted by atomic mass is 16.5. The van der Waals surface area contributed by atoms with E-state index in [9.17, 15) is 0 Å². The van der Waals surface area contributed by atoms with E-state index >= 15 is 0 Å². The summed E-state index contributed by atoms with van der Waals surface area (Å²) in [6.45, 7) is 12.1. The Balaban J connectivity index is 2.75. The summed E-state index contributed by atoms with van der Waals surface area (Å²) in [7, 11) is 0. The third-order valence-corrected chi connectivity index (χ3v) is 2.59. The highest BCUT2D eigenvalue weighted by Gasteiger charge is 2.05. The summed E-state index contributed by atoms with van der Waals surface area (Å²) in [5.74, 6) is 1.57. The van der Waals surface area contributed by atoms with Gasteiger partial charge in [0.05, 0.1) is 13.2 Å². The zero-order valence-corrected chi connectivity index (χ0v) is 11.6. The molecule has 0 aromatic heterocycles. The summed E-state index contributed by atoms with van der Waals surface area (Å²) in [5, 5.41) is 3.33. The molecule has 1 N–H and O–H groups in total. The van der Waals surface area contributed by atoms with Crippen LogP contribution in [0.3, 0.4) is 0 Å². The van der Waals surface area contributed by atoms with Crippen molar-refractivity contribution in [1.29, 1.82) is 0 Å². The van der Waals surface area contributed by atoms with Crippen molar-refractivity contribution in [3.05, 3.63) is 30.4 Å². The highest BCUT2D eigenvalue weighted by molar-refractivity contribution is 5.55. The average Bonchev–Trinajstić information content (AvgIpc) is 2.39. The maximum Gasteiger partial charge on any atom is 0.163 e. The molecule has 18 heavy (non-hydrogen) atoms. The summed E-state index contributed by atoms with van der Waals surface area (Å²) >= 11 is 0. The Labute approximate surface area is 110 Å². The van der Waals surface area contributed by atoms with Gasteiger partial charge in [-0.2, -0.15) is 0 Å². The Kier molecular flexibility index (Phi) is 6.12. The lowest BCUT2D eigenvalue weighted by molar-refractivity contribution is 0.288. The number of anilines is 1. The SMILES string of the molecule is C=C(CC)CNc1ccc(OCC)c(OCC)c1. The van der Waals surface area contributed by atoms with E-state index in [1.165, 1.54) is 5.57 Å². The lowest BCUT2D eigenvalue weighted by Gasteiger charge is -2.13. The smallest absolute Gasteiger partial charge is 0.163 e. The Morgan fingerprint density at radius 3 is 2.39 bits per heavy atom. The van der Waals surface area contributed by atoms with Gasteiger partial charge in [0.25, 0.3) is 0 Å². The minimum absolute atomic E-state index is 0.630. The third-order valence-electron chi connectivity index (χ3n) is 2.59. The van der Waals surface area contributed by atoms with Crippen LogP contribution in [0.15, 0.2) is 30.4 Å². The second kappa shape index (κ2) is 7.64. The molecule has 0 unspecified atom stereocenters. The van der Waals surface area contributed by atoms with Crippen molar-refractivity contribution >= 4 is 5.69 Å². The van der Waals surface area contributed by atoms with Crippen LogP contribution in [-0.2, 0) is 0 Å². The number of hydrogen-bond donors (Lipinski definition) is 1. The molecule has 0 radical (unpaired) electrons. The maximum absolute atomic E-state index is 5.58. The molecular formula is C15H23NO2. The van der Waals surface area contributed by atoms with Crippen LogP contribution in [0.25, 0.3) is 0 Å². The molecule has 0 saturated carbocycles. The summed E-state index contributed by atoms with van der Waals surface area (Å²) in [6.07, 6.45) is 0.988. The monoisotopic (exact) mass is 249 g/mol. The van der Waals surface area contributed by atoms with Crippen LogP contribution in [0, 0.1) is 0 Å². The largest absolute Gasteiger partial charge is 0.490 e. The number of rotatable bonds is 8. The molecule has 1 rings (SSSR count). The molecule has 3 heteroatoms. The van der Waals surface area contributed by atoms with Crippen LogP contribution >= 0.6 is 0 Å². The van der Waals surface area contributed by atoms with Gasteiger partial charge in [-0.3, -0.25) is 0 Å². The molecule has 0 bridgehead atoms. The lowest BCUT2D eigenvalue weighted by atomic mass is 10.2. The van der Waals surface area contributed by atoms with E-state index in [1.54, 1.807) is 0 Å². The van der Waals surface area contributed by atoms with Gasteiger partial charge in [0.1, 0.15) is 0 Å². The van der Waals surface area contributed by atoms with Crippen LogP contribution in [0.4, 0.5) is 5.69 Å². The first-order valence-electron chi connectivity index (χ1n) is 6.51. The first kappa shape index (κ1) is 14.4. The number of nitrogens with one attached hydrogen (secondary N) is 1. The molecule has 0 saturated heterocycles. The standard InChI is InChI=1S/C15H23NO2/c1-5-12(4)11-16-13-8-9-14(17-6-2)15(10-13)18-7-3/h8-10,16H,4-7,11H2,1-3H3. The third kappa shape index (κ3) is 4.32. The van der Waals surface area contributed by atoms with E-state index in [4.69, 9.17) is 9.47 Å². The molecule has 1 aromatic carbocycles. The number of ether oxygens (including phenoxy) is 2. The molecule has 0 spiro atoms. The van der Waals surface area contributed by atoms with Crippen molar-refractivity contribution in [2.75, 3.05) is 25.1 Å². The summed E-state index contributed by atoms with van der Waals surface area (Å²) in [5.41, 5.74) is 2.21. The molecule has 0 aliphatic carbocycles. The molecular weight excluding hydrogens is 226 g/mol. The second-order valence-corrected chi connectivity index (χ2v) is 3.98. The van der Waals surface area contributed by atoms with E-state index < -0.39 is 0 Å². The number of hydrogen-bond acceptors (Lipinski definition) is 3. The highest BCUT2D eigenvalue weighted by Crippen LogP contribution is 2.30.